The zero-order chi connectivity index (χ0) is 19.8. The summed E-state index contributed by atoms with van der Waals surface area (Å²) in [7, 11) is 3.31. The first-order valence-corrected chi connectivity index (χ1v) is 9.62. The Morgan fingerprint density at radius 1 is 1.14 bits per heavy atom. The van der Waals surface area contributed by atoms with Crippen molar-refractivity contribution in [3.63, 3.8) is 0 Å². The van der Waals surface area contributed by atoms with E-state index in [0.29, 0.717) is 12.2 Å². The minimum Gasteiger partial charge on any atom is -0.493 e. The molecule has 4 rings (SSSR count). The Kier molecular flexibility index (Phi) is 4.75. The number of hydrogen-bond acceptors (Lipinski definition) is 3. The van der Waals surface area contributed by atoms with E-state index in [0.717, 1.165) is 46.5 Å². The largest absolute Gasteiger partial charge is 0.493 e. The van der Waals surface area contributed by atoms with Crippen LogP contribution in [0, 0.1) is 13.8 Å². The molecule has 0 bridgehead atoms. The number of methoxy groups -OCH3 is 2. The SMILES string of the molecule is COc1cccc([C@@H]2CCN(C(=O)c3[nH]c4ccc(C)cc4c3C)C2)c1OC. The van der Waals surface area contributed by atoms with Crippen LogP contribution in [0.4, 0.5) is 0 Å². The first kappa shape index (κ1) is 18.4. The molecule has 1 atom stereocenters. The van der Waals surface area contributed by atoms with Gasteiger partial charge in [-0.3, -0.25) is 4.79 Å². The van der Waals surface area contributed by atoms with Gasteiger partial charge in [0.25, 0.3) is 5.91 Å². The van der Waals surface area contributed by atoms with Crippen molar-refractivity contribution in [2.75, 3.05) is 27.3 Å². The Bertz CT molecular complexity index is 1040. The molecule has 5 heteroatoms. The molecule has 5 nitrogen and oxygen atoms in total. The van der Waals surface area contributed by atoms with Gasteiger partial charge in [-0.1, -0.05) is 23.8 Å². The van der Waals surface area contributed by atoms with Crippen molar-refractivity contribution in [2.45, 2.75) is 26.2 Å². The van der Waals surface area contributed by atoms with Crippen molar-refractivity contribution in [1.29, 1.82) is 0 Å². The van der Waals surface area contributed by atoms with E-state index in [1.807, 2.05) is 30.0 Å². The van der Waals surface area contributed by atoms with E-state index in [4.69, 9.17) is 9.47 Å². The van der Waals surface area contributed by atoms with Crippen LogP contribution in [0.25, 0.3) is 10.9 Å². The van der Waals surface area contributed by atoms with Crippen molar-refractivity contribution < 1.29 is 14.3 Å². The number of likely N-dealkylation sites (tertiary alicyclic amines) is 1. The van der Waals surface area contributed by atoms with Crippen LogP contribution in [0.1, 0.15) is 39.5 Å². The summed E-state index contributed by atoms with van der Waals surface area (Å²) in [5.41, 5.74) is 5.02. The number of hydrogen-bond donors (Lipinski definition) is 1. The fraction of sp³-hybridized carbons (Fsp3) is 0.348. The molecule has 28 heavy (non-hydrogen) atoms. The minimum atomic E-state index is 0.0655. The topological polar surface area (TPSA) is 54.6 Å². The number of para-hydroxylation sites is 1. The maximum absolute atomic E-state index is 13.2. The third-order valence-electron chi connectivity index (χ3n) is 5.78. The molecule has 0 saturated carbocycles. The van der Waals surface area contributed by atoms with Gasteiger partial charge >= 0.3 is 0 Å². The number of ether oxygens (including phenoxy) is 2. The number of aryl methyl sites for hydroxylation is 2. The van der Waals surface area contributed by atoms with Gasteiger partial charge in [0.05, 0.1) is 14.2 Å². The lowest BCUT2D eigenvalue weighted by Gasteiger charge is -2.19. The molecule has 146 valence electrons. The van der Waals surface area contributed by atoms with Crippen molar-refractivity contribution in [2.24, 2.45) is 0 Å². The van der Waals surface area contributed by atoms with Crippen LogP contribution in [-0.4, -0.2) is 43.1 Å². The molecule has 1 aromatic heterocycles. The number of benzene rings is 2. The van der Waals surface area contributed by atoms with E-state index >= 15 is 0 Å². The zero-order valence-corrected chi connectivity index (χ0v) is 16.8. The highest BCUT2D eigenvalue weighted by Gasteiger charge is 2.31. The molecule has 0 unspecified atom stereocenters. The highest BCUT2D eigenvalue weighted by atomic mass is 16.5. The maximum Gasteiger partial charge on any atom is 0.270 e. The highest BCUT2D eigenvalue weighted by Crippen LogP contribution is 2.39. The molecule has 1 aliphatic heterocycles. The molecular formula is C23H26N2O3. The lowest BCUT2D eigenvalue weighted by atomic mass is 9.97. The van der Waals surface area contributed by atoms with Crippen molar-refractivity contribution >= 4 is 16.8 Å². The molecule has 0 aliphatic carbocycles. The van der Waals surface area contributed by atoms with Gasteiger partial charge in [-0.2, -0.15) is 0 Å². The van der Waals surface area contributed by atoms with E-state index in [1.165, 1.54) is 5.56 Å². The van der Waals surface area contributed by atoms with E-state index in [2.05, 4.69) is 30.1 Å². The van der Waals surface area contributed by atoms with Crippen molar-refractivity contribution in [3.05, 3.63) is 58.8 Å². The number of nitrogens with zero attached hydrogens (tertiary/aromatic N) is 1. The van der Waals surface area contributed by atoms with Gasteiger partial charge in [-0.05, 0) is 44.0 Å². The molecule has 1 fully saturated rings. The number of carbonyl (C=O) groups excluding carboxylic acids is 1. The van der Waals surface area contributed by atoms with Crippen LogP contribution < -0.4 is 9.47 Å². The van der Waals surface area contributed by atoms with Crippen LogP contribution in [0.15, 0.2) is 36.4 Å². The summed E-state index contributed by atoms with van der Waals surface area (Å²) in [4.78, 5) is 18.5. The van der Waals surface area contributed by atoms with Crippen molar-refractivity contribution in [1.82, 2.24) is 9.88 Å². The number of aromatic nitrogens is 1. The minimum absolute atomic E-state index is 0.0655. The molecule has 1 saturated heterocycles. The van der Waals surface area contributed by atoms with Crippen LogP contribution >= 0.6 is 0 Å². The summed E-state index contributed by atoms with van der Waals surface area (Å²) in [6.07, 6.45) is 0.910. The van der Waals surface area contributed by atoms with E-state index < -0.39 is 0 Å². The predicted molar refractivity (Wildman–Crippen MR) is 111 cm³/mol. The first-order chi connectivity index (χ1) is 13.5. The molecule has 0 spiro atoms. The molecule has 1 amide bonds. The van der Waals surface area contributed by atoms with Gasteiger partial charge < -0.3 is 19.4 Å². The van der Waals surface area contributed by atoms with Gasteiger partial charge in [0.2, 0.25) is 0 Å². The normalized spacial score (nSPS) is 16.6. The standard InChI is InChI=1S/C23H26N2O3/c1-14-8-9-19-18(12-14)15(2)21(24-19)23(26)25-11-10-16(13-25)17-6-5-7-20(27-3)22(17)28-4/h5-9,12,16,24H,10-11,13H2,1-4H3/t16-/m1/s1. The monoisotopic (exact) mass is 378 g/mol. The number of aromatic amines is 1. The summed E-state index contributed by atoms with van der Waals surface area (Å²) in [6, 6.07) is 12.2. The second kappa shape index (κ2) is 7.23. The van der Waals surface area contributed by atoms with Gasteiger partial charge in [-0.25, -0.2) is 0 Å². The number of rotatable bonds is 4. The first-order valence-electron chi connectivity index (χ1n) is 9.62. The lowest BCUT2D eigenvalue weighted by Crippen LogP contribution is -2.29. The maximum atomic E-state index is 13.2. The number of carbonyl (C=O) groups is 1. The molecule has 1 N–H and O–H groups in total. The second-order valence-electron chi connectivity index (χ2n) is 7.49. The predicted octanol–water partition coefficient (Wildman–Crippen LogP) is 4.43. The number of nitrogens with one attached hydrogen (secondary N) is 1. The summed E-state index contributed by atoms with van der Waals surface area (Å²) < 4.78 is 11.0. The molecule has 1 aliphatic rings. The molecule has 3 aromatic rings. The molecule has 2 heterocycles. The molecular weight excluding hydrogens is 352 g/mol. The summed E-state index contributed by atoms with van der Waals surface area (Å²) in [6.45, 7) is 5.50. The van der Waals surface area contributed by atoms with Crippen LogP contribution in [0.5, 0.6) is 11.5 Å². The Balaban J connectivity index is 1.60. The fourth-order valence-corrected chi connectivity index (χ4v) is 4.24. The summed E-state index contributed by atoms with van der Waals surface area (Å²) in [5, 5.41) is 1.12. The van der Waals surface area contributed by atoms with Crippen LogP contribution in [-0.2, 0) is 0 Å². The van der Waals surface area contributed by atoms with Crippen molar-refractivity contribution in [3.8, 4) is 11.5 Å². The quantitative estimate of drug-likeness (QED) is 0.731. The fourth-order valence-electron chi connectivity index (χ4n) is 4.24. The van der Waals surface area contributed by atoms with Crippen LogP contribution in [0.2, 0.25) is 0 Å². The Morgan fingerprint density at radius 2 is 1.96 bits per heavy atom. The number of H-pyrrole nitrogens is 1. The summed E-state index contributed by atoms with van der Waals surface area (Å²) >= 11 is 0. The van der Waals surface area contributed by atoms with E-state index in [-0.39, 0.29) is 11.8 Å². The third-order valence-corrected chi connectivity index (χ3v) is 5.78. The lowest BCUT2D eigenvalue weighted by molar-refractivity contribution is 0.0785. The Morgan fingerprint density at radius 3 is 2.71 bits per heavy atom. The molecule has 0 radical (unpaired) electrons. The average molecular weight is 378 g/mol. The van der Waals surface area contributed by atoms with Gasteiger partial charge in [0.15, 0.2) is 11.5 Å². The third kappa shape index (κ3) is 3.01. The van der Waals surface area contributed by atoms with Gasteiger partial charge in [0.1, 0.15) is 5.69 Å². The highest BCUT2D eigenvalue weighted by molar-refractivity contribution is 6.01. The van der Waals surface area contributed by atoms with Gasteiger partial charge in [-0.15, -0.1) is 0 Å². The van der Waals surface area contributed by atoms with Crippen LogP contribution in [0.3, 0.4) is 0 Å². The number of amides is 1. The van der Waals surface area contributed by atoms with E-state index in [1.54, 1.807) is 14.2 Å². The zero-order valence-electron chi connectivity index (χ0n) is 16.8. The van der Waals surface area contributed by atoms with E-state index in [9.17, 15) is 4.79 Å². The Labute approximate surface area is 165 Å². The smallest absolute Gasteiger partial charge is 0.270 e. The number of fused-ring (bicyclic) bond motifs is 1. The summed E-state index contributed by atoms with van der Waals surface area (Å²) in [5.74, 6) is 1.80. The Hall–Kier alpha value is -2.95. The average Bonchev–Trinajstić information content (AvgIpc) is 3.32. The second-order valence-corrected chi connectivity index (χ2v) is 7.49. The van der Waals surface area contributed by atoms with Gasteiger partial charge in [0, 0.05) is 35.5 Å². The molecule has 2 aromatic carbocycles.